The van der Waals surface area contributed by atoms with Gasteiger partial charge >= 0.3 is 0 Å². The molecule has 0 atom stereocenters. The third-order valence-electron chi connectivity index (χ3n) is 4.91. The topological polar surface area (TPSA) is 90.5 Å². The fourth-order valence-electron chi connectivity index (χ4n) is 3.45. The maximum Gasteiger partial charge on any atom is 0.249 e. The van der Waals surface area contributed by atoms with Gasteiger partial charge in [-0.3, -0.25) is 4.79 Å². The van der Waals surface area contributed by atoms with Crippen LogP contribution in [0.4, 0.5) is 5.82 Å². The Morgan fingerprint density at radius 2 is 1.88 bits per heavy atom. The van der Waals surface area contributed by atoms with E-state index >= 15 is 0 Å². The van der Waals surface area contributed by atoms with Crippen LogP contribution in [0.1, 0.15) is 11.3 Å². The van der Waals surface area contributed by atoms with Gasteiger partial charge < -0.3 is 5.32 Å². The van der Waals surface area contributed by atoms with Gasteiger partial charge in [0.15, 0.2) is 11.5 Å². The van der Waals surface area contributed by atoms with Crippen molar-refractivity contribution in [2.75, 3.05) is 5.32 Å². The minimum Gasteiger partial charge on any atom is -0.307 e. The first-order valence-corrected chi connectivity index (χ1v) is 10.5. The van der Waals surface area contributed by atoms with Crippen molar-refractivity contribution in [1.82, 2.24) is 29.5 Å². The molecule has 0 aliphatic rings. The van der Waals surface area contributed by atoms with Crippen molar-refractivity contribution in [3.8, 4) is 11.5 Å². The zero-order valence-corrected chi connectivity index (χ0v) is 18.3. The van der Waals surface area contributed by atoms with Crippen molar-refractivity contribution in [3.63, 3.8) is 0 Å². The molecule has 162 valence electrons. The van der Waals surface area contributed by atoms with Crippen molar-refractivity contribution >= 4 is 40.4 Å². The van der Waals surface area contributed by atoms with Crippen LogP contribution in [0.25, 0.3) is 28.6 Å². The molecule has 0 saturated carbocycles. The number of carbonyl (C=O) groups is 1. The van der Waals surface area contributed by atoms with E-state index in [9.17, 15) is 4.79 Å². The van der Waals surface area contributed by atoms with E-state index in [2.05, 4.69) is 25.5 Å². The Kier molecular flexibility index (Phi) is 5.42. The van der Waals surface area contributed by atoms with Gasteiger partial charge in [-0.15, -0.1) is 0 Å². The van der Waals surface area contributed by atoms with Crippen LogP contribution in [0.5, 0.6) is 0 Å². The van der Waals surface area contributed by atoms with Gasteiger partial charge in [0, 0.05) is 17.2 Å². The fourth-order valence-corrected chi connectivity index (χ4v) is 3.64. The number of nitrogens with zero attached hydrogens (tertiary/aromatic N) is 6. The summed E-state index contributed by atoms with van der Waals surface area (Å²) in [6.45, 7) is 1.85. The predicted octanol–water partition coefficient (Wildman–Crippen LogP) is 4.61. The summed E-state index contributed by atoms with van der Waals surface area (Å²) in [5, 5.41) is 13.2. The number of hydrogen-bond acceptors (Lipinski definition) is 5. The van der Waals surface area contributed by atoms with Crippen LogP contribution >= 0.6 is 11.6 Å². The number of aryl methyl sites for hydroxylation is 1. The summed E-state index contributed by atoms with van der Waals surface area (Å²) in [6.07, 6.45) is 6.34. The SMILES string of the molecule is Cc1cc(NC(=O)/C=C/c2ccccc2)n(-c2ncnc3c2cnn3-c2cccc(Cl)c2)n1. The van der Waals surface area contributed by atoms with Crippen LogP contribution in [0.15, 0.2) is 79.3 Å². The molecule has 0 fully saturated rings. The highest BCUT2D eigenvalue weighted by Crippen LogP contribution is 2.25. The van der Waals surface area contributed by atoms with Crippen LogP contribution in [0.2, 0.25) is 5.02 Å². The largest absolute Gasteiger partial charge is 0.307 e. The summed E-state index contributed by atoms with van der Waals surface area (Å²) in [5.41, 5.74) is 3.03. The van der Waals surface area contributed by atoms with Gasteiger partial charge in [-0.1, -0.05) is 48.0 Å². The quantitative estimate of drug-likeness (QED) is 0.391. The first kappa shape index (κ1) is 20.6. The van der Waals surface area contributed by atoms with E-state index in [4.69, 9.17) is 11.6 Å². The highest BCUT2D eigenvalue weighted by atomic mass is 35.5. The number of aromatic nitrogens is 6. The van der Waals surface area contributed by atoms with Crippen molar-refractivity contribution < 1.29 is 4.79 Å². The molecule has 5 rings (SSSR count). The second kappa shape index (κ2) is 8.68. The molecule has 0 aliphatic heterocycles. The Bertz CT molecular complexity index is 1490. The molecule has 9 heteroatoms. The molecular formula is C24H18ClN7O. The number of anilines is 1. The molecule has 2 aromatic carbocycles. The van der Waals surface area contributed by atoms with Gasteiger partial charge in [0.2, 0.25) is 5.91 Å². The number of amides is 1. The number of nitrogens with one attached hydrogen (secondary N) is 1. The lowest BCUT2D eigenvalue weighted by Crippen LogP contribution is -2.13. The van der Waals surface area contributed by atoms with E-state index in [0.717, 1.165) is 16.9 Å². The molecule has 8 nitrogen and oxygen atoms in total. The van der Waals surface area contributed by atoms with Gasteiger partial charge in [0.1, 0.15) is 12.1 Å². The molecule has 3 aromatic heterocycles. The van der Waals surface area contributed by atoms with Crippen LogP contribution in [0.3, 0.4) is 0 Å². The second-order valence-corrected chi connectivity index (χ2v) is 7.72. The Hall–Kier alpha value is -4.30. The van der Waals surface area contributed by atoms with Crippen molar-refractivity contribution in [2.45, 2.75) is 6.92 Å². The monoisotopic (exact) mass is 455 g/mol. The van der Waals surface area contributed by atoms with E-state index in [-0.39, 0.29) is 5.91 Å². The molecular weight excluding hydrogens is 438 g/mol. The maximum absolute atomic E-state index is 12.6. The molecule has 0 aliphatic carbocycles. The molecule has 33 heavy (non-hydrogen) atoms. The Morgan fingerprint density at radius 3 is 2.70 bits per heavy atom. The second-order valence-electron chi connectivity index (χ2n) is 7.29. The smallest absolute Gasteiger partial charge is 0.249 e. The lowest BCUT2D eigenvalue weighted by molar-refractivity contribution is -0.111. The number of hydrogen-bond donors (Lipinski definition) is 1. The van der Waals surface area contributed by atoms with Crippen molar-refractivity contribution in [3.05, 3.63) is 95.5 Å². The highest BCUT2D eigenvalue weighted by molar-refractivity contribution is 6.30. The normalized spacial score (nSPS) is 11.3. The lowest BCUT2D eigenvalue weighted by Gasteiger charge is -2.08. The molecule has 0 radical (unpaired) electrons. The van der Waals surface area contributed by atoms with Crippen molar-refractivity contribution in [1.29, 1.82) is 0 Å². The van der Waals surface area contributed by atoms with Crippen LogP contribution < -0.4 is 5.32 Å². The third kappa shape index (κ3) is 4.24. The van der Waals surface area contributed by atoms with Gasteiger partial charge in [-0.25, -0.2) is 14.6 Å². The number of rotatable bonds is 5. The standard InChI is InChI=1S/C24H18ClN7O/c1-16-12-21(29-22(33)11-10-17-6-3-2-4-7-17)32(30-16)24-20-14-28-31(23(20)26-15-27-24)19-9-5-8-18(25)13-19/h2-15H,1H3,(H,29,33)/b11-10+. The Balaban J connectivity index is 1.50. The minimum atomic E-state index is -0.278. The van der Waals surface area contributed by atoms with Gasteiger partial charge in [-0.2, -0.15) is 14.9 Å². The molecule has 1 N–H and O–H groups in total. The molecule has 0 bridgehead atoms. The first-order chi connectivity index (χ1) is 16.1. The number of benzene rings is 2. The average molecular weight is 456 g/mol. The summed E-state index contributed by atoms with van der Waals surface area (Å²) in [6, 6.07) is 18.7. The van der Waals surface area contributed by atoms with Crippen LogP contribution in [-0.2, 0) is 4.79 Å². The molecule has 1 amide bonds. The first-order valence-electron chi connectivity index (χ1n) is 10.1. The number of halogens is 1. The average Bonchev–Trinajstić information content (AvgIpc) is 3.41. The van der Waals surface area contributed by atoms with E-state index < -0.39 is 0 Å². The summed E-state index contributed by atoms with van der Waals surface area (Å²) in [7, 11) is 0. The van der Waals surface area contributed by atoms with E-state index in [1.807, 2.05) is 49.4 Å². The van der Waals surface area contributed by atoms with Gasteiger partial charge in [-0.05, 0) is 36.8 Å². The van der Waals surface area contributed by atoms with Gasteiger partial charge in [0.05, 0.1) is 23.0 Å². The number of fused-ring (bicyclic) bond motifs is 1. The third-order valence-corrected chi connectivity index (χ3v) is 5.14. The zero-order valence-electron chi connectivity index (χ0n) is 17.6. The minimum absolute atomic E-state index is 0.278. The highest BCUT2D eigenvalue weighted by Gasteiger charge is 2.17. The summed E-state index contributed by atoms with van der Waals surface area (Å²) >= 11 is 6.14. The lowest BCUT2D eigenvalue weighted by atomic mass is 10.2. The number of carbonyl (C=O) groups excluding carboxylic acids is 1. The Labute approximate surface area is 194 Å². The van der Waals surface area contributed by atoms with Crippen molar-refractivity contribution in [2.24, 2.45) is 0 Å². The summed E-state index contributed by atoms with van der Waals surface area (Å²) in [5.74, 6) is 0.717. The van der Waals surface area contributed by atoms with E-state index in [0.29, 0.717) is 27.7 Å². The maximum atomic E-state index is 12.6. The molecule has 3 heterocycles. The summed E-state index contributed by atoms with van der Waals surface area (Å²) < 4.78 is 3.27. The van der Waals surface area contributed by atoms with E-state index in [1.165, 1.54) is 12.4 Å². The molecule has 5 aromatic rings. The van der Waals surface area contributed by atoms with Crippen LogP contribution in [0, 0.1) is 6.92 Å². The molecule has 0 saturated heterocycles. The predicted molar refractivity (Wildman–Crippen MR) is 128 cm³/mol. The van der Waals surface area contributed by atoms with Gasteiger partial charge in [0.25, 0.3) is 0 Å². The Morgan fingerprint density at radius 1 is 1.03 bits per heavy atom. The zero-order chi connectivity index (χ0) is 22.8. The van der Waals surface area contributed by atoms with Crippen LogP contribution in [-0.4, -0.2) is 35.4 Å². The fraction of sp³-hybridized carbons (Fsp3) is 0.0417. The van der Waals surface area contributed by atoms with E-state index in [1.54, 1.807) is 39.8 Å². The summed E-state index contributed by atoms with van der Waals surface area (Å²) in [4.78, 5) is 21.4. The molecule has 0 spiro atoms. The molecule has 0 unspecified atom stereocenters.